The number of rotatable bonds is 9. The Balaban J connectivity index is 0.000000210. The van der Waals surface area contributed by atoms with Crippen LogP contribution in [0.25, 0.3) is 6.08 Å². The first kappa shape index (κ1) is 33.0. The van der Waals surface area contributed by atoms with Crippen LogP contribution in [-0.2, 0) is 0 Å². The maximum atomic E-state index is 13.2. The molecule has 0 aromatic heterocycles. The van der Waals surface area contributed by atoms with E-state index in [2.05, 4.69) is 183 Å². The summed E-state index contributed by atoms with van der Waals surface area (Å²) in [5, 5.41) is 0. The molecule has 0 fully saturated rings. The van der Waals surface area contributed by atoms with Crippen LogP contribution in [0.4, 0.5) is 4.39 Å². The topological polar surface area (TPSA) is 9.72 Å². The van der Waals surface area contributed by atoms with Crippen molar-refractivity contribution in [2.24, 2.45) is 0 Å². The average Bonchev–Trinajstić information content (AvgIpc) is 3.04. The molecule has 0 heterocycles. The predicted molar refractivity (Wildman–Crippen MR) is 193 cm³/mol. The number of benzene rings is 5. The summed E-state index contributed by atoms with van der Waals surface area (Å²) in [6, 6.07) is 50.2. The van der Waals surface area contributed by atoms with Crippen LogP contribution in [0.1, 0.15) is 5.56 Å². The molecule has 226 valence electrons. The Labute approximate surface area is 264 Å². The first-order valence-electron chi connectivity index (χ1n) is 15.0. The van der Waals surface area contributed by atoms with Gasteiger partial charge in [-0.05, 0) is 23.8 Å². The maximum absolute atomic E-state index is 13.2. The Hall–Kier alpha value is -3.86. The summed E-state index contributed by atoms with van der Waals surface area (Å²) in [4.78, 5) is 0. The van der Waals surface area contributed by atoms with Crippen LogP contribution in [0.3, 0.4) is 0 Å². The highest BCUT2D eigenvalue weighted by Gasteiger charge is 2.45. The van der Waals surface area contributed by atoms with E-state index in [4.69, 9.17) is 0 Å². The highest BCUT2D eigenvalue weighted by Crippen LogP contribution is 2.65. The van der Waals surface area contributed by atoms with Crippen molar-refractivity contribution >= 4 is 41.8 Å². The summed E-state index contributed by atoms with van der Waals surface area (Å²) in [5.41, 5.74) is 6.24. The van der Waals surface area contributed by atoms with Gasteiger partial charge in [0.2, 0.25) is 0 Å². The smallest absolute Gasteiger partial charge is 0.207 e. The van der Waals surface area contributed by atoms with E-state index in [0.29, 0.717) is 0 Å². The predicted octanol–water partition coefficient (Wildman–Crippen LogP) is 6.31. The summed E-state index contributed by atoms with van der Waals surface area (Å²) in [7, 11) is 10.7. The van der Waals surface area contributed by atoms with Crippen LogP contribution < -0.4 is 21.9 Å². The number of halogens is 1. The average molecular weight is 604 g/mol. The quantitative estimate of drug-likeness (QED) is 0.145. The van der Waals surface area contributed by atoms with Crippen molar-refractivity contribution < 1.29 is 4.39 Å². The van der Waals surface area contributed by atoms with Crippen molar-refractivity contribution in [1.29, 1.82) is 0 Å². The van der Waals surface area contributed by atoms with Gasteiger partial charge in [-0.3, -0.25) is 0 Å². The Bertz CT molecular complexity index is 1410. The number of hydrogen-bond donors (Lipinski definition) is 0. The first-order chi connectivity index (χ1) is 21.2. The van der Waals surface area contributed by atoms with Gasteiger partial charge in [0, 0.05) is 42.3 Å². The molecule has 0 aliphatic rings. The van der Waals surface area contributed by atoms with Gasteiger partial charge in [-0.1, -0.05) is 133 Å². The molecule has 5 aromatic rings. The van der Waals surface area contributed by atoms with Gasteiger partial charge < -0.3 is 0 Å². The van der Waals surface area contributed by atoms with Gasteiger partial charge in [0.05, 0.1) is 0 Å². The lowest BCUT2D eigenvalue weighted by molar-refractivity contribution is 0.472. The molecule has 0 spiro atoms. The van der Waals surface area contributed by atoms with Gasteiger partial charge in [-0.15, -0.1) is 0 Å². The Morgan fingerprint density at radius 1 is 0.477 bits per heavy atom. The van der Waals surface area contributed by atoms with E-state index in [1.807, 2.05) is 12.1 Å². The van der Waals surface area contributed by atoms with E-state index in [0.717, 1.165) is 5.56 Å². The van der Waals surface area contributed by atoms with E-state index < -0.39 is 13.9 Å². The molecule has 0 aliphatic heterocycles. The zero-order chi connectivity index (χ0) is 31.6. The van der Waals surface area contributed by atoms with Crippen LogP contribution in [0.15, 0.2) is 151 Å². The third kappa shape index (κ3) is 7.09. The maximum Gasteiger partial charge on any atom is 0.253 e. The minimum atomic E-state index is -1.70. The molecule has 0 atom stereocenters. The Morgan fingerprint density at radius 2 is 0.818 bits per heavy atom. The van der Waals surface area contributed by atoms with Crippen LogP contribution in [-0.4, -0.2) is 62.4 Å². The van der Waals surface area contributed by atoms with Crippen LogP contribution in [0.5, 0.6) is 0 Å². The highest BCUT2D eigenvalue weighted by molar-refractivity contribution is 7.72. The minimum Gasteiger partial charge on any atom is -0.207 e. The van der Waals surface area contributed by atoms with E-state index in [1.54, 1.807) is 12.1 Å². The largest absolute Gasteiger partial charge is 0.253 e. The molecule has 0 saturated carbocycles. The van der Waals surface area contributed by atoms with Crippen molar-refractivity contribution in [2.75, 3.05) is 42.3 Å². The lowest BCUT2D eigenvalue weighted by Gasteiger charge is -2.44. The molecule has 5 aromatic carbocycles. The van der Waals surface area contributed by atoms with Crippen molar-refractivity contribution in [1.82, 2.24) is 14.0 Å². The van der Waals surface area contributed by atoms with E-state index in [9.17, 15) is 4.39 Å². The molecular weight excluding hydrogens is 559 g/mol. The SMILES string of the molecule is CN(C)[P+](/C=C/c1cccc(F)c1)(N(C)C)N(C)C.c1ccc([B-](c2ccccc2)(c2ccccc2)c2ccccc2)cc1. The third-order valence-electron chi connectivity index (χ3n) is 8.28. The molecule has 0 N–H and O–H groups in total. The number of hydrogen-bond acceptors (Lipinski definition) is 3. The van der Waals surface area contributed by atoms with Gasteiger partial charge >= 0.3 is 0 Å². The fraction of sp³-hybridized carbons (Fsp3) is 0.158. The van der Waals surface area contributed by atoms with Crippen molar-refractivity contribution in [2.45, 2.75) is 0 Å². The standard InChI is InChI=1S/C24H20B.C14H24FN3P/c1-5-13-21(14-6-1)25(22-15-7-2-8-16-22,23-17-9-3-10-18-23)24-19-11-4-12-20-24;1-16(2)19(17(3)4,18(5)6)11-10-13-8-7-9-14(15)12-13/h1-20H;7-12H,1-6H3/q-1;+1/b;11-10+. The lowest BCUT2D eigenvalue weighted by Crippen LogP contribution is -2.74. The molecule has 0 saturated heterocycles. The van der Waals surface area contributed by atoms with Crippen LogP contribution in [0.2, 0.25) is 0 Å². The second-order valence-electron chi connectivity index (χ2n) is 11.5. The second-order valence-corrected chi connectivity index (χ2v) is 15.5. The third-order valence-corrected chi connectivity index (χ3v) is 12.4. The van der Waals surface area contributed by atoms with Gasteiger partial charge in [0.1, 0.15) is 17.8 Å². The molecular formula is C38H44BFN3P. The summed E-state index contributed by atoms with van der Waals surface area (Å²) in [5.74, 6) is 1.98. The zero-order valence-corrected chi connectivity index (χ0v) is 27.6. The Morgan fingerprint density at radius 3 is 1.11 bits per heavy atom. The second kappa shape index (κ2) is 15.2. The monoisotopic (exact) mass is 603 g/mol. The molecule has 0 unspecified atom stereocenters. The van der Waals surface area contributed by atoms with Crippen LogP contribution in [0, 0.1) is 5.82 Å². The fourth-order valence-corrected chi connectivity index (χ4v) is 9.71. The van der Waals surface area contributed by atoms with E-state index in [1.165, 1.54) is 27.9 Å². The first-order valence-corrected chi connectivity index (χ1v) is 16.7. The molecule has 0 amide bonds. The van der Waals surface area contributed by atoms with Crippen molar-refractivity contribution in [3.63, 3.8) is 0 Å². The van der Waals surface area contributed by atoms with Crippen molar-refractivity contribution in [3.05, 3.63) is 163 Å². The molecule has 0 bridgehead atoms. The molecule has 44 heavy (non-hydrogen) atoms. The fourth-order valence-electron chi connectivity index (χ4n) is 6.39. The van der Waals surface area contributed by atoms with Gasteiger partial charge in [0.25, 0.3) is 7.71 Å². The summed E-state index contributed by atoms with van der Waals surface area (Å²) >= 11 is 0. The highest BCUT2D eigenvalue weighted by atomic mass is 31.2. The van der Waals surface area contributed by atoms with Crippen LogP contribution >= 0.6 is 7.71 Å². The molecule has 6 heteroatoms. The summed E-state index contributed by atoms with van der Waals surface area (Å²) < 4.78 is 19.9. The van der Waals surface area contributed by atoms with Crippen molar-refractivity contribution in [3.8, 4) is 0 Å². The minimum absolute atomic E-state index is 0.203. The molecule has 3 nitrogen and oxygen atoms in total. The molecule has 0 radical (unpaired) electrons. The summed E-state index contributed by atoms with van der Waals surface area (Å²) in [6.45, 7) is 0. The molecule has 0 aliphatic carbocycles. The molecule has 5 rings (SSSR count). The van der Waals surface area contributed by atoms with E-state index in [-0.39, 0.29) is 5.82 Å². The number of nitrogens with zero attached hydrogens (tertiary/aromatic N) is 3. The zero-order valence-electron chi connectivity index (χ0n) is 26.8. The van der Waals surface area contributed by atoms with Gasteiger partial charge in [-0.2, -0.15) is 35.9 Å². The van der Waals surface area contributed by atoms with E-state index >= 15 is 0 Å². The normalized spacial score (nSPS) is 12.0. The lowest BCUT2D eigenvalue weighted by atomic mass is 9.13. The Kier molecular flexibility index (Phi) is 11.4. The van der Waals surface area contributed by atoms with Gasteiger partial charge in [-0.25, -0.2) is 4.39 Å². The summed E-state index contributed by atoms with van der Waals surface area (Å²) in [6.07, 6.45) is 0.781. The van der Waals surface area contributed by atoms with Gasteiger partial charge in [0.15, 0.2) is 0 Å².